The van der Waals surface area contributed by atoms with E-state index in [9.17, 15) is 4.39 Å². The second-order valence-electron chi connectivity index (χ2n) is 4.64. The van der Waals surface area contributed by atoms with Crippen LogP contribution in [0.15, 0.2) is 18.2 Å². The Balaban J connectivity index is 2.24. The average Bonchev–Trinajstić information content (AvgIpc) is 2.23. The molecule has 4 heteroatoms. The summed E-state index contributed by atoms with van der Waals surface area (Å²) in [6.07, 6.45) is 3.61. The lowest BCUT2D eigenvalue weighted by atomic mass is 9.89. The highest BCUT2D eigenvalue weighted by molar-refractivity contribution is 6.30. The highest BCUT2D eigenvalue weighted by Crippen LogP contribution is 2.32. The Labute approximate surface area is 107 Å². The number of likely N-dealkylation sites (N-methyl/N-ethyl adjacent to an activating group) is 1. The normalized spacial score (nSPS) is 18.2. The fourth-order valence-electron chi connectivity index (χ4n) is 2.34. The maximum Gasteiger partial charge on any atom is 0.146 e. The molecule has 1 aliphatic carbocycles. The molecule has 1 aliphatic rings. The molecule has 94 valence electrons. The molecule has 1 aromatic carbocycles. The molecule has 0 radical (unpaired) electrons. The van der Waals surface area contributed by atoms with Crippen molar-refractivity contribution in [3.05, 3.63) is 34.6 Å². The van der Waals surface area contributed by atoms with Gasteiger partial charge < -0.3 is 5.73 Å². The van der Waals surface area contributed by atoms with Crippen LogP contribution >= 0.6 is 11.6 Å². The molecule has 17 heavy (non-hydrogen) atoms. The first kappa shape index (κ1) is 12.8. The quantitative estimate of drug-likeness (QED) is 0.898. The molecule has 1 aromatic rings. The number of hydrogen-bond donors (Lipinski definition) is 1. The fraction of sp³-hybridized carbons (Fsp3) is 0.538. The SMILES string of the molecule is CN(C1CCC1)C(CN)c1cccc(Cl)c1F. The summed E-state index contributed by atoms with van der Waals surface area (Å²) in [5.74, 6) is -0.337. The molecule has 0 spiro atoms. The minimum atomic E-state index is -0.337. The molecule has 0 aliphatic heterocycles. The van der Waals surface area contributed by atoms with Crippen LogP contribution in [0.4, 0.5) is 4.39 Å². The van der Waals surface area contributed by atoms with E-state index in [4.69, 9.17) is 17.3 Å². The molecule has 0 aromatic heterocycles. The minimum absolute atomic E-state index is 0.0843. The second kappa shape index (κ2) is 5.34. The van der Waals surface area contributed by atoms with Gasteiger partial charge in [0.2, 0.25) is 0 Å². The van der Waals surface area contributed by atoms with E-state index in [0.29, 0.717) is 18.2 Å². The predicted molar refractivity (Wildman–Crippen MR) is 68.6 cm³/mol. The molecular formula is C13H18ClFN2. The molecule has 0 saturated heterocycles. The monoisotopic (exact) mass is 256 g/mol. The molecule has 0 bridgehead atoms. The van der Waals surface area contributed by atoms with Crippen LogP contribution in [-0.2, 0) is 0 Å². The van der Waals surface area contributed by atoms with Gasteiger partial charge in [0.25, 0.3) is 0 Å². The lowest BCUT2D eigenvalue weighted by Crippen LogP contribution is -2.42. The van der Waals surface area contributed by atoms with Gasteiger partial charge in [-0.1, -0.05) is 30.2 Å². The molecule has 2 rings (SSSR count). The lowest BCUT2D eigenvalue weighted by Gasteiger charge is -2.40. The summed E-state index contributed by atoms with van der Waals surface area (Å²) >= 11 is 5.81. The van der Waals surface area contributed by atoms with E-state index in [-0.39, 0.29) is 16.9 Å². The fourth-order valence-corrected chi connectivity index (χ4v) is 2.52. The minimum Gasteiger partial charge on any atom is -0.329 e. The van der Waals surface area contributed by atoms with Crippen molar-refractivity contribution in [1.29, 1.82) is 0 Å². The van der Waals surface area contributed by atoms with Gasteiger partial charge in [-0.05, 0) is 26.0 Å². The molecular weight excluding hydrogens is 239 g/mol. The van der Waals surface area contributed by atoms with Gasteiger partial charge in [0, 0.05) is 24.2 Å². The van der Waals surface area contributed by atoms with Gasteiger partial charge in [0.05, 0.1) is 5.02 Å². The van der Waals surface area contributed by atoms with E-state index in [2.05, 4.69) is 4.90 Å². The maximum atomic E-state index is 14.0. The van der Waals surface area contributed by atoms with Crippen LogP contribution in [0.1, 0.15) is 30.9 Å². The number of rotatable bonds is 4. The highest BCUT2D eigenvalue weighted by Gasteiger charge is 2.29. The highest BCUT2D eigenvalue weighted by atomic mass is 35.5. The van der Waals surface area contributed by atoms with Crippen molar-refractivity contribution in [3.8, 4) is 0 Å². The Bertz CT molecular complexity index is 393. The van der Waals surface area contributed by atoms with Gasteiger partial charge >= 0.3 is 0 Å². The van der Waals surface area contributed by atoms with Crippen LogP contribution in [0, 0.1) is 5.82 Å². The molecule has 0 amide bonds. The molecule has 2 N–H and O–H groups in total. The zero-order chi connectivity index (χ0) is 12.4. The third-order valence-electron chi connectivity index (χ3n) is 3.71. The Morgan fingerprint density at radius 3 is 2.76 bits per heavy atom. The van der Waals surface area contributed by atoms with E-state index in [1.165, 1.54) is 19.3 Å². The van der Waals surface area contributed by atoms with Crippen molar-refractivity contribution in [2.24, 2.45) is 5.73 Å². The Kier molecular flexibility index (Phi) is 4.02. The van der Waals surface area contributed by atoms with Crippen LogP contribution in [-0.4, -0.2) is 24.5 Å². The first-order valence-electron chi connectivity index (χ1n) is 6.01. The van der Waals surface area contributed by atoms with Crippen molar-refractivity contribution in [2.45, 2.75) is 31.3 Å². The van der Waals surface area contributed by atoms with Crippen molar-refractivity contribution in [1.82, 2.24) is 4.90 Å². The van der Waals surface area contributed by atoms with Gasteiger partial charge in [0.1, 0.15) is 5.82 Å². The van der Waals surface area contributed by atoms with E-state index < -0.39 is 0 Å². The molecule has 2 nitrogen and oxygen atoms in total. The zero-order valence-corrected chi connectivity index (χ0v) is 10.8. The van der Waals surface area contributed by atoms with Crippen LogP contribution in [0.25, 0.3) is 0 Å². The molecule has 1 saturated carbocycles. The van der Waals surface area contributed by atoms with Gasteiger partial charge in [-0.25, -0.2) is 4.39 Å². The Morgan fingerprint density at radius 2 is 2.24 bits per heavy atom. The van der Waals surface area contributed by atoms with E-state index in [0.717, 1.165) is 0 Å². The number of hydrogen-bond acceptors (Lipinski definition) is 2. The van der Waals surface area contributed by atoms with Gasteiger partial charge in [-0.15, -0.1) is 0 Å². The molecule has 1 unspecified atom stereocenters. The van der Waals surface area contributed by atoms with Crippen LogP contribution in [0.2, 0.25) is 5.02 Å². The molecule has 0 heterocycles. The standard InChI is InChI=1S/C13H18ClFN2/c1-17(9-4-2-5-9)12(8-16)10-6-3-7-11(14)13(10)15/h3,6-7,9,12H,2,4-5,8,16H2,1H3. The van der Waals surface area contributed by atoms with E-state index in [1.54, 1.807) is 18.2 Å². The zero-order valence-electron chi connectivity index (χ0n) is 10.00. The smallest absolute Gasteiger partial charge is 0.146 e. The van der Waals surface area contributed by atoms with Gasteiger partial charge in [0.15, 0.2) is 0 Å². The molecule has 1 atom stereocenters. The van der Waals surface area contributed by atoms with Crippen molar-refractivity contribution >= 4 is 11.6 Å². The Hall–Kier alpha value is -0.640. The summed E-state index contributed by atoms with van der Waals surface area (Å²) in [4.78, 5) is 2.18. The van der Waals surface area contributed by atoms with Crippen LogP contribution in [0.5, 0.6) is 0 Å². The summed E-state index contributed by atoms with van der Waals surface area (Å²) in [5.41, 5.74) is 6.40. The van der Waals surface area contributed by atoms with Crippen molar-refractivity contribution < 1.29 is 4.39 Å². The lowest BCUT2D eigenvalue weighted by molar-refractivity contribution is 0.111. The third kappa shape index (κ3) is 2.46. The van der Waals surface area contributed by atoms with Crippen molar-refractivity contribution in [3.63, 3.8) is 0 Å². The number of nitrogens with zero attached hydrogens (tertiary/aromatic N) is 1. The first-order chi connectivity index (χ1) is 8.15. The number of nitrogens with two attached hydrogens (primary N) is 1. The number of halogens is 2. The summed E-state index contributed by atoms with van der Waals surface area (Å²) < 4.78 is 14.0. The van der Waals surface area contributed by atoms with E-state index in [1.807, 2.05) is 7.05 Å². The second-order valence-corrected chi connectivity index (χ2v) is 5.05. The predicted octanol–water partition coefficient (Wildman–Crippen LogP) is 2.96. The molecule has 1 fully saturated rings. The van der Waals surface area contributed by atoms with Gasteiger partial charge in [-0.3, -0.25) is 4.90 Å². The van der Waals surface area contributed by atoms with Gasteiger partial charge in [-0.2, -0.15) is 0 Å². The van der Waals surface area contributed by atoms with Crippen LogP contribution in [0.3, 0.4) is 0 Å². The Morgan fingerprint density at radius 1 is 1.53 bits per heavy atom. The average molecular weight is 257 g/mol. The van der Waals surface area contributed by atoms with E-state index >= 15 is 0 Å². The van der Waals surface area contributed by atoms with Crippen LogP contribution < -0.4 is 5.73 Å². The largest absolute Gasteiger partial charge is 0.329 e. The summed E-state index contributed by atoms with van der Waals surface area (Å²) in [6.45, 7) is 0.407. The summed E-state index contributed by atoms with van der Waals surface area (Å²) in [7, 11) is 2.02. The summed E-state index contributed by atoms with van der Waals surface area (Å²) in [5, 5.41) is 0.169. The topological polar surface area (TPSA) is 29.3 Å². The first-order valence-corrected chi connectivity index (χ1v) is 6.39. The number of benzene rings is 1. The van der Waals surface area contributed by atoms with Crippen molar-refractivity contribution in [2.75, 3.05) is 13.6 Å². The maximum absolute atomic E-state index is 14.0. The summed E-state index contributed by atoms with van der Waals surface area (Å²) in [6, 6.07) is 5.56. The third-order valence-corrected chi connectivity index (χ3v) is 4.00.